The van der Waals surface area contributed by atoms with E-state index in [9.17, 15) is 14.3 Å². The smallest absolute Gasteiger partial charge is 0.259 e. The van der Waals surface area contributed by atoms with Gasteiger partial charge in [0.1, 0.15) is 24.3 Å². The Morgan fingerprint density at radius 3 is 2.42 bits per heavy atom. The zero-order chi connectivity index (χ0) is 23.0. The van der Waals surface area contributed by atoms with Gasteiger partial charge in [-0.3, -0.25) is 4.79 Å². The molecule has 172 valence electrons. The molecular weight excluding hydrogens is 419 g/mol. The third kappa shape index (κ3) is 6.18. The second kappa shape index (κ2) is 11.1. The number of benzene rings is 3. The average molecular weight is 449 g/mol. The van der Waals surface area contributed by atoms with Gasteiger partial charge in [0.15, 0.2) is 0 Å². The monoisotopic (exact) mass is 448 g/mol. The van der Waals surface area contributed by atoms with Crippen LogP contribution in [0.3, 0.4) is 0 Å². The summed E-state index contributed by atoms with van der Waals surface area (Å²) >= 11 is 0. The molecule has 1 atom stereocenters. The predicted molar refractivity (Wildman–Crippen MR) is 127 cm³/mol. The number of carbonyl (C=O) groups excluding carboxylic acids is 1. The van der Waals surface area contributed by atoms with Crippen LogP contribution < -0.4 is 10.1 Å². The minimum absolute atomic E-state index is 0.0720. The number of likely N-dealkylation sites (tertiary alicyclic amines) is 1. The van der Waals surface area contributed by atoms with Crippen LogP contribution in [0.2, 0.25) is 0 Å². The number of aliphatic hydroxyl groups excluding tert-OH is 1. The Morgan fingerprint density at radius 1 is 1.00 bits per heavy atom. The first-order chi connectivity index (χ1) is 16.1. The second-order valence-corrected chi connectivity index (χ2v) is 8.38. The number of aliphatic hydroxyl groups is 1. The SMILES string of the molecule is O=C(Nc1ccccc1F)c1ccccc1OCC(O)CN1CCC(c2ccccc2)CC1. The van der Waals surface area contributed by atoms with E-state index >= 15 is 0 Å². The molecule has 0 bridgehead atoms. The molecule has 1 amide bonds. The first-order valence-electron chi connectivity index (χ1n) is 11.3. The number of rotatable bonds is 8. The van der Waals surface area contributed by atoms with Crippen molar-refractivity contribution in [2.45, 2.75) is 24.9 Å². The molecule has 3 aromatic rings. The topological polar surface area (TPSA) is 61.8 Å². The molecule has 3 aromatic carbocycles. The number of halogens is 1. The molecule has 6 heteroatoms. The maximum absolute atomic E-state index is 13.9. The van der Waals surface area contributed by atoms with Crippen LogP contribution in [0.5, 0.6) is 5.75 Å². The van der Waals surface area contributed by atoms with Crippen LogP contribution in [0.25, 0.3) is 0 Å². The number of β-amino-alcohol motifs (C(OH)–C–C–N with tert-alkyl or cyclic N) is 1. The number of anilines is 1. The molecule has 5 nitrogen and oxygen atoms in total. The summed E-state index contributed by atoms with van der Waals surface area (Å²) in [6, 6.07) is 23.3. The molecule has 4 rings (SSSR count). The molecule has 0 aromatic heterocycles. The lowest BCUT2D eigenvalue weighted by molar-refractivity contribution is 0.0589. The second-order valence-electron chi connectivity index (χ2n) is 8.38. The van der Waals surface area contributed by atoms with Gasteiger partial charge in [0, 0.05) is 6.54 Å². The van der Waals surface area contributed by atoms with Crippen LogP contribution in [0, 0.1) is 5.82 Å². The van der Waals surface area contributed by atoms with E-state index in [4.69, 9.17) is 4.74 Å². The molecule has 1 unspecified atom stereocenters. The maximum Gasteiger partial charge on any atom is 0.259 e. The van der Waals surface area contributed by atoms with Crippen molar-refractivity contribution >= 4 is 11.6 Å². The Labute approximate surface area is 193 Å². The molecule has 0 aliphatic carbocycles. The van der Waals surface area contributed by atoms with Crippen molar-refractivity contribution in [3.8, 4) is 5.75 Å². The molecule has 33 heavy (non-hydrogen) atoms. The fourth-order valence-electron chi connectivity index (χ4n) is 4.24. The van der Waals surface area contributed by atoms with E-state index in [1.807, 2.05) is 6.07 Å². The quantitative estimate of drug-likeness (QED) is 0.525. The van der Waals surface area contributed by atoms with Crippen LogP contribution in [0.4, 0.5) is 10.1 Å². The summed E-state index contributed by atoms with van der Waals surface area (Å²) in [7, 11) is 0. The summed E-state index contributed by atoms with van der Waals surface area (Å²) in [5.74, 6) is -0.0484. The van der Waals surface area contributed by atoms with Gasteiger partial charge in [0.2, 0.25) is 0 Å². The lowest BCUT2D eigenvalue weighted by atomic mass is 9.89. The first kappa shape index (κ1) is 23.0. The Morgan fingerprint density at radius 2 is 1.67 bits per heavy atom. The van der Waals surface area contributed by atoms with Crippen LogP contribution in [0.15, 0.2) is 78.9 Å². The summed E-state index contributed by atoms with van der Waals surface area (Å²) in [6.45, 7) is 2.45. The lowest BCUT2D eigenvalue weighted by Crippen LogP contribution is -2.40. The number of ether oxygens (including phenoxy) is 1. The number of para-hydroxylation sites is 2. The molecular formula is C27H29FN2O3. The summed E-state index contributed by atoms with van der Waals surface area (Å²) < 4.78 is 19.7. The number of nitrogens with zero attached hydrogens (tertiary/aromatic N) is 1. The summed E-state index contributed by atoms with van der Waals surface area (Å²) in [5.41, 5.74) is 1.78. The van der Waals surface area contributed by atoms with E-state index in [0.717, 1.165) is 25.9 Å². The normalized spacial score (nSPS) is 15.7. The van der Waals surface area contributed by atoms with Gasteiger partial charge in [-0.15, -0.1) is 0 Å². The highest BCUT2D eigenvalue weighted by atomic mass is 19.1. The van der Waals surface area contributed by atoms with E-state index < -0.39 is 17.8 Å². The van der Waals surface area contributed by atoms with Gasteiger partial charge in [0.05, 0.1) is 11.3 Å². The van der Waals surface area contributed by atoms with E-state index in [0.29, 0.717) is 18.2 Å². The highest BCUT2D eigenvalue weighted by molar-refractivity contribution is 6.06. The number of carbonyl (C=O) groups is 1. The van der Waals surface area contributed by atoms with Crippen molar-refractivity contribution in [1.82, 2.24) is 4.90 Å². The van der Waals surface area contributed by atoms with Crippen molar-refractivity contribution in [3.63, 3.8) is 0 Å². The number of amides is 1. The van der Waals surface area contributed by atoms with Crippen molar-refractivity contribution in [2.75, 3.05) is 31.6 Å². The number of piperidine rings is 1. The van der Waals surface area contributed by atoms with Crippen LogP contribution in [0.1, 0.15) is 34.7 Å². The molecule has 0 spiro atoms. The predicted octanol–water partition coefficient (Wildman–Crippen LogP) is 4.70. The number of nitrogens with one attached hydrogen (secondary N) is 1. The maximum atomic E-state index is 13.9. The lowest BCUT2D eigenvalue weighted by Gasteiger charge is -2.33. The summed E-state index contributed by atoms with van der Waals surface area (Å²) in [4.78, 5) is 14.9. The highest BCUT2D eigenvalue weighted by Gasteiger charge is 2.22. The van der Waals surface area contributed by atoms with Crippen LogP contribution in [-0.2, 0) is 0 Å². The minimum atomic E-state index is -0.680. The van der Waals surface area contributed by atoms with E-state index in [1.165, 1.54) is 17.7 Å². The van der Waals surface area contributed by atoms with Gasteiger partial charge in [-0.1, -0.05) is 54.6 Å². The van der Waals surface area contributed by atoms with Gasteiger partial charge >= 0.3 is 0 Å². The van der Waals surface area contributed by atoms with Gasteiger partial charge in [-0.25, -0.2) is 4.39 Å². The third-order valence-electron chi connectivity index (χ3n) is 6.01. The van der Waals surface area contributed by atoms with Gasteiger partial charge in [-0.2, -0.15) is 0 Å². The van der Waals surface area contributed by atoms with Gasteiger partial charge in [-0.05, 0) is 61.7 Å². The zero-order valence-electron chi connectivity index (χ0n) is 18.5. The van der Waals surface area contributed by atoms with Crippen LogP contribution >= 0.6 is 0 Å². The molecule has 1 fully saturated rings. The molecule has 1 saturated heterocycles. The molecule has 1 heterocycles. The summed E-state index contributed by atoms with van der Waals surface area (Å²) in [5, 5.41) is 13.1. The zero-order valence-corrected chi connectivity index (χ0v) is 18.5. The van der Waals surface area contributed by atoms with E-state index in [2.05, 4.69) is 34.5 Å². The molecule has 2 N–H and O–H groups in total. The van der Waals surface area contributed by atoms with E-state index in [-0.39, 0.29) is 17.9 Å². The number of hydrogen-bond donors (Lipinski definition) is 2. The van der Waals surface area contributed by atoms with Crippen molar-refractivity contribution in [1.29, 1.82) is 0 Å². The first-order valence-corrected chi connectivity index (χ1v) is 11.3. The molecule has 1 aliphatic heterocycles. The molecule has 1 aliphatic rings. The van der Waals surface area contributed by atoms with E-state index in [1.54, 1.807) is 36.4 Å². The Balaban J connectivity index is 1.28. The molecule has 0 saturated carbocycles. The largest absolute Gasteiger partial charge is 0.490 e. The highest BCUT2D eigenvalue weighted by Crippen LogP contribution is 2.28. The standard InChI is InChI=1S/C27H29FN2O3/c28-24-11-5-6-12-25(24)29-27(32)23-10-4-7-13-26(23)33-19-22(31)18-30-16-14-21(15-17-30)20-8-2-1-3-9-20/h1-13,21-22,31H,14-19H2,(H,29,32). The average Bonchev–Trinajstić information content (AvgIpc) is 2.85. The molecule has 0 radical (unpaired) electrons. The summed E-state index contributed by atoms with van der Waals surface area (Å²) in [6.07, 6.45) is 1.45. The van der Waals surface area contributed by atoms with Crippen molar-refractivity contribution in [3.05, 3.63) is 95.8 Å². The third-order valence-corrected chi connectivity index (χ3v) is 6.01. The van der Waals surface area contributed by atoms with Gasteiger partial charge in [0.25, 0.3) is 5.91 Å². The fraction of sp³-hybridized carbons (Fsp3) is 0.296. The minimum Gasteiger partial charge on any atom is -0.490 e. The van der Waals surface area contributed by atoms with Crippen molar-refractivity contribution in [2.24, 2.45) is 0 Å². The Kier molecular flexibility index (Phi) is 7.70. The Hall–Kier alpha value is -3.22. The fourth-order valence-corrected chi connectivity index (χ4v) is 4.24. The number of hydrogen-bond acceptors (Lipinski definition) is 4. The van der Waals surface area contributed by atoms with Gasteiger partial charge < -0.3 is 20.1 Å². The van der Waals surface area contributed by atoms with Crippen molar-refractivity contribution < 1.29 is 19.0 Å². The Bertz CT molecular complexity index is 1050. The van der Waals surface area contributed by atoms with Crippen LogP contribution in [-0.4, -0.2) is 48.3 Å².